The molecule has 0 aliphatic heterocycles. The number of ether oxygens (including phenoxy) is 1. The lowest BCUT2D eigenvalue weighted by Gasteiger charge is -2.36. The van der Waals surface area contributed by atoms with Crippen LogP contribution in [-0.2, 0) is 14.3 Å². The van der Waals surface area contributed by atoms with Gasteiger partial charge in [-0.1, -0.05) is 95.9 Å². The fourth-order valence-electron chi connectivity index (χ4n) is 4.09. The first kappa shape index (κ1) is 36.1. The minimum atomic E-state index is -0.124. The zero-order chi connectivity index (χ0) is 27.7. The standard InChI is InChI=1S/C28H56N2O3.C2H6/c1-11-13-15-25(31)29(17-23(3)4)19-27(7,8)21-33-22-28(9,10)20-30(18-24(5)6)26(32)16-14-12-2;1-2/h23-24H,11-22H2,1-10H3;1-2H3. The predicted molar refractivity (Wildman–Crippen MR) is 152 cm³/mol. The van der Waals surface area contributed by atoms with Crippen LogP contribution in [0.4, 0.5) is 0 Å². The van der Waals surface area contributed by atoms with Gasteiger partial charge in [-0.25, -0.2) is 0 Å². The molecular weight excluding hydrogens is 436 g/mol. The van der Waals surface area contributed by atoms with E-state index in [-0.39, 0.29) is 22.6 Å². The van der Waals surface area contributed by atoms with Crippen molar-refractivity contribution in [3.63, 3.8) is 0 Å². The largest absolute Gasteiger partial charge is 0.380 e. The van der Waals surface area contributed by atoms with Crippen LogP contribution in [0.2, 0.25) is 0 Å². The van der Waals surface area contributed by atoms with Gasteiger partial charge in [0.15, 0.2) is 0 Å². The number of hydrogen-bond acceptors (Lipinski definition) is 3. The second-order valence-electron chi connectivity index (χ2n) is 12.4. The maximum absolute atomic E-state index is 12.7. The summed E-state index contributed by atoms with van der Waals surface area (Å²) in [7, 11) is 0. The molecule has 5 heteroatoms. The van der Waals surface area contributed by atoms with Crippen molar-refractivity contribution < 1.29 is 14.3 Å². The quantitative estimate of drug-likeness (QED) is 0.197. The number of amides is 2. The van der Waals surface area contributed by atoms with E-state index in [0.717, 1.165) is 38.8 Å². The van der Waals surface area contributed by atoms with Crippen LogP contribution in [0, 0.1) is 22.7 Å². The highest BCUT2D eigenvalue weighted by atomic mass is 16.5. The zero-order valence-electron chi connectivity index (χ0n) is 25.8. The van der Waals surface area contributed by atoms with Gasteiger partial charge in [0.25, 0.3) is 0 Å². The number of nitrogens with zero attached hydrogens (tertiary/aromatic N) is 2. The molecule has 0 N–H and O–H groups in total. The summed E-state index contributed by atoms with van der Waals surface area (Å²) in [6.45, 7) is 29.8. The summed E-state index contributed by atoms with van der Waals surface area (Å²) in [4.78, 5) is 29.6. The Kier molecular flexibility index (Phi) is 19.6. The van der Waals surface area contributed by atoms with Crippen molar-refractivity contribution in [2.75, 3.05) is 39.4 Å². The van der Waals surface area contributed by atoms with Gasteiger partial charge in [0, 0.05) is 49.9 Å². The van der Waals surface area contributed by atoms with E-state index in [1.54, 1.807) is 0 Å². The molecule has 35 heavy (non-hydrogen) atoms. The summed E-state index contributed by atoms with van der Waals surface area (Å²) in [5, 5.41) is 0. The summed E-state index contributed by atoms with van der Waals surface area (Å²) in [6.07, 6.45) is 5.23. The maximum atomic E-state index is 12.7. The highest BCUT2D eigenvalue weighted by Crippen LogP contribution is 2.24. The lowest BCUT2D eigenvalue weighted by molar-refractivity contribution is -0.134. The van der Waals surface area contributed by atoms with E-state index < -0.39 is 0 Å². The fraction of sp³-hybridized carbons (Fsp3) is 0.933. The maximum Gasteiger partial charge on any atom is 0.222 e. The summed E-state index contributed by atoms with van der Waals surface area (Å²) in [5.74, 6) is 1.41. The molecule has 2 amide bonds. The predicted octanol–water partition coefficient (Wildman–Crippen LogP) is 7.43. The lowest BCUT2D eigenvalue weighted by atomic mass is 9.91. The Balaban J connectivity index is 0. The Morgan fingerprint density at radius 1 is 0.686 bits per heavy atom. The van der Waals surface area contributed by atoms with Crippen LogP contribution in [0.25, 0.3) is 0 Å². The summed E-state index contributed by atoms with van der Waals surface area (Å²) < 4.78 is 6.22. The van der Waals surface area contributed by atoms with E-state index in [0.29, 0.717) is 51.0 Å². The first-order valence-corrected chi connectivity index (χ1v) is 14.4. The number of carbonyl (C=O) groups excluding carboxylic acids is 2. The Hall–Kier alpha value is -1.10. The molecule has 0 saturated heterocycles. The average molecular weight is 499 g/mol. The number of rotatable bonds is 18. The first-order valence-electron chi connectivity index (χ1n) is 14.4. The van der Waals surface area contributed by atoms with E-state index in [2.05, 4.69) is 69.2 Å². The van der Waals surface area contributed by atoms with Gasteiger partial charge in [-0.2, -0.15) is 0 Å². The molecule has 0 bridgehead atoms. The molecule has 0 spiro atoms. The van der Waals surface area contributed by atoms with Crippen LogP contribution >= 0.6 is 0 Å². The van der Waals surface area contributed by atoms with Crippen LogP contribution in [0.1, 0.15) is 122 Å². The second kappa shape index (κ2) is 19.1. The molecule has 0 aliphatic rings. The van der Waals surface area contributed by atoms with Crippen molar-refractivity contribution in [1.29, 1.82) is 0 Å². The van der Waals surface area contributed by atoms with E-state index in [9.17, 15) is 9.59 Å². The number of unbranched alkanes of at least 4 members (excludes halogenated alkanes) is 2. The Bertz CT molecular complexity index is 508. The average Bonchev–Trinajstić information content (AvgIpc) is 2.74. The normalized spacial score (nSPS) is 11.9. The molecule has 0 radical (unpaired) electrons. The molecule has 0 rings (SSSR count). The highest BCUT2D eigenvalue weighted by Gasteiger charge is 2.29. The summed E-state index contributed by atoms with van der Waals surface area (Å²) in [5.41, 5.74) is -0.247. The molecule has 0 aromatic heterocycles. The second-order valence-corrected chi connectivity index (χ2v) is 12.4. The van der Waals surface area contributed by atoms with E-state index in [1.165, 1.54) is 0 Å². The van der Waals surface area contributed by atoms with Crippen molar-refractivity contribution in [3.8, 4) is 0 Å². The van der Waals surface area contributed by atoms with Crippen LogP contribution in [0.15, 0.2) is 0 Å². The third-order valence-electron chi connectivity index (χ3n) is 5.59. The van der Waals surface area contributed by atoms with Gasteiger partial charge in [0.05, 0.1) is 13.2 Å². The molecule has 5 nitrogen and oxygen atoms in total. The van der Waals surface area contributed by atoms with Crippen molar-refractivity contribution in [3.05, 3.63) is 0 Å². The Morgan fingerprint density at radius 3 is 1.26 bits per heavy atom. The van der Waals surface area contributed by atoms with E-state index in [1.807, 2.05) is 23.6 Å². The molecule has 0 aliphatic carbocycles. The molecular formula is C30H62N2O3. The van der Waals surface area contributed by atoms with Crippen LogP contribution in [0.3, 0.4) is 0 Å². The van der Waals surface area contributed by atoms with Gasteiger partial charge in [-0.3, -0.25) is 9.59 Å². The zero-order valence-corrected chi connectivity index (χ0v) is 25.8. The van der Waals surface area contributed by atoms with Crippen molar-refractivity contribution in [2.24, 2.45) is 22.7 Å². The Labute approximate surface area is 219 Å². The SMILES string of the molecule is CC.CCCCC(=O)N(CC(C)C)CC(C)(C)COCC(C)(C)CN(CC(C)C)C(=O)CCCC. The Morgan fingerprint density at radius 2 is 1.00 bits per heavy atom. The monoisotopic (exact) mass is 498 g/mol. The molecule has 0 saturated carbocycles. The highest BCUT2D eigenvalue weighted by molar-refractivity contribution is 5.76. The molecule has 210 valence electrons. The van der Waals surface area contributed by atoms with Crippen LogP contribution < -0.4 is 0 Å². The minimum absolute atomic E-state index is 0.124. The molecule has 0 atom stereocenters. The third kappa shape index (κ3) is 18.8. The smallest absolute Gasteiger partial charge is 0.222 e. The summed E-state index contributed by atoms with van der Waals surface area (Å²) >= 11 is 0. The van der Waals surface area contributed by atoms with E-state index >= 15 is 0 Å². The minimum Gasteiger partial charge on any atom is -0.380 e. The van der Waals surface area contributed by atoms with E-state index in [4.69, 9.17) is 4.74 Å². The molecule has 0 unspecified atom stereocenters. The van der Waals surface area contributed by atoms with Gasteiger partial charge >= 0.3 is 0 Å². The topological polar surface area (TPSA) is 49.9 Å². The molecule has 0 aromatic carbocycles. The van der Waals surface area contributed by atoms with Crippen molar-refractivity contribution in [1.82, 2.24) is 9.80 Å². The summed E-state index contributed by atoms with van der Waals surface area (Å²) in [6, 6.07) is 0. The van der Waals surface area contributed by atoms with Crippen LogP contribution in [0.5, 0.6) is 0 Å². The number of carbonyl (C=O) groups is 2. The van der Waals surface area contributed by atoms with Gasteiger partial charge < -0.3 is 14.5 Å². The van der Waals surface area contributed by atoms with Crippen LogP contribution in [-0.4, -0.2) is 61.0 Å². The molecule has 0 heterocycles. The fourth-order valence-corrected chi connectivity index (χ4v) is 4.09. The third-order valence-corrected chi connectivity index (χ3v) is 5.59. The van der Waals surface area contributed by atoms with Crippen molar-refractivity contribution in [2.45, 2.75) is 122 Å². The lowest BCUT2D eigenvalue weighted by Crippen LogP contribution is -2.44. The van der Waals surface area contributed by atoms with Gasteiger partial charge in [0.2, 0.25) is 11.8 Å². The number of hydrogen-bond donors (Lipinski definition) is 0. The first-order chi connectivity index (χ1) is 16.2. The van der Waals surface area contributed by atoms with Gasteiger partial charge in [-0.05, 0) is 24.7 Å². The molecule has 0 fully saturated rings. The van der Waals surface area contributed by atoms with Gasteiger partial charge in [-0.15, -0.1) is 0 Å². The van der Waals surface area contributed by atoms with Gasteiger partial charge in [0.1, 0.15) is 0 Å². The van der Waals surface area contributed by atoms with Crippen molar-refractivity contribution >= 4 is 11.8 Å². The molecule has 0 aromatic rings.